The number of methoxy groups -OCH3 is 3. The first-order valence-corrected chi connectivity index (χ1v) is 7.98. The average molecular weight is 344 g/mol. The number of carbonyl (C=O) groups excluding carboxylic acids is 1. The molecule has 0 aromatic heterocycles. The topological polar surface area (TPSA) is 82.8 Å². The zero-order valence-corrected chi connectivity index (χ0v) is 14.8. The number of carbonyl (C=O) groups is 1. The summed E-state index contributed by atoms with van der Waals surface area (Å²) in [6, 6.07) is 11.2. The highest BCUT2D eigenvalue weighted by Crippen LogP contribution is 2.39. The lowest BCUT2D eigenvalue weighted by Crippen LogP contribution is -2.23. The molecule has 0 fully saturated rings. The van der Waals surface area contributed by atoms with Gasteiger partial charge in [0.2, 0.25) is 11.7 Å². The number of rotatable bonds is 8. The predicted molar refractivity (Wildman–Crippen MR) is 97.1 cm³/mol. The van der Waals surface area contributed by atoms with Gasteiger partial charge in [0.15, 0.2) is 11.5 Å². The number of amides is 1. The van der Waals surface area contributed by atoms with Gasteiger partial charge in [0.1, 0.15) is 0 Å². The number of aryl methyl sites for hydroxylation is 1. The summed E-state index contributed by atoms with van der Waals surface area (Å²) >= 11 is 0. The molecule has 0 saturated carbocycles. The first kappa shape index (κ1) is 18.4. The van der Waals surface area contributed by atoms with E-state index in [2.05, 4.69) is 5.32 Å². The van der Waals surface area contributed by atoms with Crippen LogP contribution in [0.1, 0.15) is 17.5 Å². The first-order chi connectivity index (χ1) is 12.1. The van der Waals surface area contributed by atoms with Gasteiger partial charge in [-0.25, -0.2) is 0 Å². The van der Waals surface area contributed by atoms with Crippen LogP contribution in [0.2, 0.25) is 0 Å². The summed E-state index contributed by atoms with van der Waals surface area (Å²) < 4.78 is 16.0. The Morgan fingerprint density at radius 2 is 1.68 bits per heavy atom. The van der Waals surface area contributed by atoms with E-state index in [4.69, 9.17) is 19.9 Å². The molecule has 2 rings (SSSR count). The summed E-state index contributed by atoms with van der Waals surface area (Å²) in [5.41, 5.74) is 8.39. The van der Waals surface area contributed by atoms with Crippen molar-refractivity contribution < 1.29 is 19.0 Å². The third-order valence-corrected chi connectivity index (χ3v) is 3.94. The van der Waals surface area contributed by atoms with Crippen LogP contribution in [0.3, 0.4) is 0 Å². The van der Waals surface area contributed by atoms with E-state index < -0.39 is 0 Å². The lowest BCUT2D eigenvalue weighted by atomic mass is 10.1. The summed E-state index contributed by atoms with van der Waals surface area (Å²) in [6.07, 6.45) is 0.964. The molecule has 0 radical (unpaired) electrons. The fourth-order valence-electron chi connectivity index (χ4n) is 2.59. The van der Waals surface area contributed by atoms with Crippen LogP contribution >= 0.6 is 0 Å². The molecule has 6 nitrogen and oxygen atoms in total. The second-order valence-electron chi connectivity index (χ2n) is 5.47. The highest BCUT2D eigenvalue weighted by molar-refractivity contribution is 5.76. The van der Waals surface area contributed by atoms with Crippen molar-refractivity contribution in [3.63, 3.8) is 0 Å². The maximum Gasteiger partial charge on any atom is 0.220 e. The number of ether oxygens (including phenoxy) is 3. The minimum absolute atomic E-state index is 0.0555. The van der Waals surface area contributed by atoms with Gasteiger partial charge in [0.05, 0.1) is 21.3 Å². The number of para-hydroxylation sites is 1. The molecule has 0 spiro atoms. The van der Waals surface area contributed by atoms with Crippen LogP contribution < -0.4 is 25.3 Å². The van der Waals surface area contributed by atoms with Gasteiger partial charge in [-0.3, -0.25) is 4.79 Å². The third-order valence-electron chi connectivity index (χ3n) is 3.94. The summed E-state index contributed by atoms with van der Waals surface area (Å²) in [6.45, 7) is 0.340. The normalized spacial score (nSPS) is 10.2. The Kier molecular flexibility index (Phi) is 6.51. The molecule has 0 bridgehead atoms. The minimum atomic E-state index is -0.0555. The first-order valence-electron chi connectivity index (χ1n) is 7.98. The van der Waals surface area contributed by atoms with E-state index in [1.807, 2.05) is 30.3 Å². The largest absolute Gasteiger partial charge is 0.493 e. The SMILES string of the molecule is COc1ccc(CNC(=O)CCc2ccccc2N)c(OC)c1OC. The Morgan fingerprint density at radius 1 is 0.960 bits per heavy atom. The zero-order chi connectivity index (χ0) is 18.2. The van der Waals surface area contributed by atoms with E-state index >= 15 is 0 Å². The molecule has 25 heavy (non-hydrogen) atoms. The lowest BCUT2D eigenvalue weighted by molar-refractivity contribution is -0.121. The molecule has 2 aromatic carbocycles. The van der Waals surface area contributed by atoms with Gasteiger partial charge < -0.3 is 25.3 Å². The molecular weight excluding hydrogens is 320 g/mol. The Morgan fingerprint density at radius 3 is 2.32 bits per heavy atom. The quantitative estimate of drug-likeness (QED) is 0.719. The Bertz CT molecular complexity index is 731. The van der Waals surface area contributed by atoms with Gasteiger partial charge >= 0.3 is 0 Å². The van der Waals surface area contributed by atoms with Gasteiger partial charge in [-0.15, -0.1) is 0 Å². The molecule has 134 valence electrons. The molecule has 3 N–H and O–H groups in total. The Hall–Kier alpha value is -2.89. The smallest absolute Gasteiger partial charge is 0.220 e. The number of anilines is 1. The lowest BCUT2D eigenvalue weighted by Gasteiger charge is -2.16. The highest BCUT2D eigenvalue weighted by atomic mass is 16.5. The number of hydrogen-bond acceptors (Lipinski definition) is 5. The van der Waals surface area contributed by atoms with E-state index in [1.165, 1.54) is 0 Å². The van der Waals surface area contributed by atoms with Crippen molar-refractivity contribution in [1.29, 1.82) is 0 Å². The fourth-order valence-corrected chi connectivity index (χ4v) is 2.59. The van der Waals surface area contributed by atoms with Crippen LogP contribution in [0, 0.1) is 0 Å². The van der Waals surface area contributed by atoms with E-state index in [0.717, 1.165) is 11.1 Å². The predicted octanol–water partition coefficient (Wildman–Crippen LogP) is 2.54. The molecule has 0 heterocycles. The number of benzene rings is 2. The maximum atomic E-state index is 12.1. The molecule has 6 heteroatoms. The van der Waals surface area contributed by atoms with Gasteiger partial charge in [-0.1, -0.05) is 18.2 Å². The van der Waals surface area contributed by atoms with Gasteiger partial charge in [0.25, 0.3) is 0 Å². The van der Waals surface area contributed by atoms with Crippen LogP contribution in [0.5, 0.6) is 17.2 Å². The van der Waals surface area contributed by atoms with E-state index in [-0.39, 0.29) is 5.91 Å². The van der Waals surface area contributed by atoms with Crippen molar-refractivity contribution >= 4 is 11.6 Å². The van der Waals surface area contributed by atoms with Crippen molar-refractivity contribution in [2.45, 2.75) is 19.4 Å². The zero-order valence-electron chi connectivity index (χ0n) is 14.8. The third kappa shape index (κ3) is 4.56. The second-order valence-corrected chi connectivity index (χ2v) is 5.47. The van der Waals surface area contributed by atoms with Crippen molar-refractivity contribution in [3.05, 3.63) is 47.5 Å². The van der Waals surface area contributed by atoms with Crippen molar-refractivity contribution in [1.82, 2.24) is 5.32 Å². The monoisotopic (exact) mass is 344 g/mol. The maximum absolute atomic E-state index is 12.1. The van der Waals surface area contributed by atoms with Crippen LogP contribution in [0.25, 0.3) is 0 Å². The molecule has 1 amide bonds. The fraction of sp³-hybridized carbons (Fsp3) is 0.316. The van der Waals surface area contributed by atoms with Gasteiger partial charge in [-0.05, 0) is 30.2 Å². The van der Waals surface area contributed by atoms with E-state index in [9.17, 15) is 4.79 Å². The summed E-state index contributed by atoms with van der Waals surface area (Å²) in [7, 11) is 4.67. The molecule has 0 aliphatic carbocycles. The van der Waals surface area contributed by atoms with Gasteiger partial charge in [-0.2, -0.15) is 0 Å². The number of nitrogens with two attached hydrogens (primary N) is 1. The standard InChI is InChI=1S/C19H24N2O4/c1-23-16-10-8-14(18(24-2)19(16)25-3)12-21-17(22)11-9-13-6-4-5-7-15(13)20/h4-8,10H,9,11-12,20H2,1-3H3,(H,21,22). The second kappa shape index (κ2) is 8.82. The number of nitrogens with one attached hydrogen (secondary N) is 1. The number of hydrogen-bond donors (Lipinski definition) is 2. The summed E-state index contributed by atoms with van der Waals surface area (Å²) in [5.74, 6) is 1.58. The van der Waals surface area contributed by atoms with Crippen molar-refractivity contribution in [2.75, 3.05) is 27.1 Å². The Balaban J connectivity index is 1.98. The molecular formula is C19H24N2O4. The van der Waals surface area contributed by atoms with Crippen molar-refractivity contribution in [3.8, 4) is 17.2 Å². The molecule has 0 aliphatic rings. The molecule has 0 unspecified atom stereocenters. The van der Waals surface area contributed by atoms with E-state index in [0.29, 0.717) is 42.3 Å². The molecule has 0 saturated heterocycles. The Labute approximate surface area is 147 Å². The van der Waals surface area contributed by atoms with Crippen LogP contribution in [-0.2, 0) is 17.8 Å². The molecule has 0 atom stereocenters. The summed E-state index contributed by atoms with van der Waals surface area (Å²) in [4.78, 5) is 12.1. The van der Waals surface area contributed by atoms with Crippen LogP contribution in [0.4, 0.5) is 5.69 Å². The molecule has 0 aliphatic heterocycles. The minimum Gasteiger partial charge on any atom is -0.493 e. The van der Waals surface area contributed by atoms with Crippen LogP contribution in [0.15, 0.2) is 36.4 Å². The summed E-state index contributed by atoms with van der Waals surface area (Å²) in [5, 5.41) is 2.90. The van der Waals surface area contributed by atoms with Crippen LogP contribution in [-0.4, -0.2) is 27.2 Å². The average Bonchev–Trinajstić information content (AvgIpc) is 2.64. The van der Waals surface area contributed by atoms with Crippen molar-refractivity contribution in [2.24, 2.45) is 0 Å². The molecule has 2 aromatic rings. The van der Waals surface area contributed by atoms with E-state index in [1.54, 1.807) is 27.4 Å². The van der Waals surface area contributed by atoms with Gasteiger partial charge in [0, 0.05) is 24.2 Å². The number of nitrogen functional groups attached to an aromatic ring is 1. The highest BCUT2D eigenvalue weighted by Gasteiger charge is 2.16.